The van der Waals surface area contributed by atoms with E-state index in [1.165, 1.54) is 16.7 Å². The molecule has 2 nitrogen and oxygen atoms in total. The number of hydrogen-bond donors (Lipinski definition) is 0. The molecule has 0 saturated carbocycles. The van der Waals surface area contributed by atoms with Crippen LogP contribution in [0.4, 0.5) is 0 Å². The first-order valence-electron chi connectivity index (χ1n) is 7.16. The van der Waals surface area contributed by atoms with E-state index >= 15 is 0 Å². The van der Waals surface area contributed by atoms with Gasteiger partial charge in [-0.2, -0.15) is 0 Å². The van der Waals surface area contributed by atoms with E-state index in [1.54, 1.807) is 7.11 Å². The van der Waals surface area contributed by atoms with E-state index in [0.29, 0.717) is 12.2 Å². The molecule has 0 N–H and O–H groups in total. The summed E-state index contributed by atoms with van der Waals surface area (Å²) in [7, 11) is 1.78. The SMILES string of the molecule is COc1c(CCC2OC2C)cc(C)cc1C(C)(C)C. The average Bonchev–Trinajstić information content (AvgIpc) is 3.01. The highest BCUT2D eigenvalue weighted by molar-refractivity contribution is 5.48. The fourth-order valence-corrected chi connectivity index (χ4v) is 2.66. The monoisotopic (exact) mass is 262 g/mol. The summed E-state index contributed by atoms with van der Waals surface area (Å²) in [6.07, 6.45) is 3.01. The van der Waals surface area contributed by atoms with Gasteiger partial charge in [-0.1, -0.05) is 38.5 Å². The van der Waals surface area contributed by atoms with Crippen molar-refractivity contribution in [1.29, 1.82) is 0 Å². The van der Waals surface area contributed by atoms with Gasteiger partial charge in [0.05, 0.1) is 19.3 Å². The fourth-order valence-electron chi connectivity index (χ4n) is 2.66. The third kappa shape index (κ3) is 3.30. The van der Waals surface area contributed by atoms with Crippen molar-refractivity contribution in [2.24, 2.45) is 0 Å². The highest BCUT2D eigenvalue weighted by atomic mass is 16.6. The molecule has 0 spiro atoms. The molecular formula is C17H26O2. The quantitative estimate of drug-likeness (QED) is 0.764. The van der Waals surface area contributed by atoms with E-state index in [4.69, 9.17) is 9.47 Å². The van der Waals surface area contributed by atoms with Crippen molar-refractivity contribution in [2.75, 3.05) is 7.11 Å². The largest absolute Gasteiger partial charge is 0.496 e. The minimum absolute atomic E-state index is 0.107. The summed E-state index contributed by atoms with van der Waals surface area (Å²) in [5.74, 6) is 1.06. The number of benzene rings is 1. The van der Waals surface area contributed by atoms with E-state index in [1.807, 2.05) is 0 Å². The molecule has 1 fully saturated rings. The number of epoxide rings is 1. The van der Waals surface area contributed by atoms with Crippen molar-refractivity contribution in [3.05, 3.63) is 28.8 Å². The molecule has 0 bridgehead atoms. The standard InChI is InChI=1S/C17H26O2/c1-11-9-13(7-8-15-12(2)19-15)16(18-6)14(10-11)17(3,4)5/h9-10,12,15H,7-8H2,1-6H3. The molecule has 106 valence electrons. The molecule has 2 rings (SSSR count). The van der Waals surface area contributed by atoms with Crippen LogP contribution in [0.15, 0.2) is 12.1 Å². The molecule has 1 aromatic carbocycles. The van der Waals surface area contributed by atoms with Gasteiger partial charge in [0, 0.05) is 5.56 Å². The zero-order chi connectivity index (χ0) is 14.2. The second kappa shape index (κ2) is 5.16. The van der Waals surface area contributed by atoms with Gasteiger partial charge in [-0.25, -0.2) is 0 Å². The molecule has 1 aliphatic rings. The molecular weight excluding hydrogens is 236 g/mol. The molecule has 0 aliphatic carbocycles. The smallest absolute Gasteiger partial charge is 0.125 e. The Morgan fingerprint density at radius 3 is 2.37 bits per heavy atom. The summed E-state index contributed by atoms with van der Waals surface area (Å²) in [5.41, 5.74) is 4.03. The Balaban J connectivity index is 2.28. The molecule has 2 atom stereocenters. The lowest BCUT2D eigenvalue weighted by atomic mass is 9.83. The average molecular weight is 262 g/mol. The summed E-state index contributed by atoms with van der Waals surface area (Å²) in [6.45, 7) is 11.0. The van der Waals surface area contributed by atoms with Crippen LogP contribution >= 0.6 is 0 Å². The van der Waals surface area contributed by atoms with Crippen LogP contribution < -0.4 is 4.74 Å². The molecule has 19 heavy (non-hydrogen) atoms. The summed E-state index contributed by atoms with van der Waals surface area (Å²) in [6, 6.07) is 4.50. The predicted octanol–water partition coefficient (Wildman–Crippen LogP) is 4.02. The lowest BCUT2D eigenvalue weighted by molar-refractivity contribution is 0.366. The highest BCUT2D eigenvalue weighted by Crippen LogP contribution is 2.37. The van der Waals surface area contributed by atoms with Crippen LogP contribution in [0.3, 0.4) is 0 Å². The highest BCUT2D eigenvalue weighted by Gasteiger charge is 2.33. The molecule has 1 aliphatic heterocycles. The van der Waals surface area contributed by atoms with Gasteiger partial charge >= 0.3 is 0 Å². The Labute approximate surface area is 117 Å². The summed E-state index contributed by atoms with van der Waals surface area (Å²) in [4.78, 5) is 0. The Morgan fingerprint density at radius 2 is 1.89 bits per heavy atom. The van der Waals surface area contributed by atoms with E-state index in [0.717, 1.165) is 18.6 Å². The maximum Gasteiger partial charge on any atom is 0.125 e. The van der Waals surface area contributed by atoms with E-state index in [-0.39, 0.29) is 5.41 Å². The van der Waals surface area contributed by atoms with Crippen LogP contribution in [0.5, 0.6) is 5.75 Å². The maximum absolute atomic E-state index is 5.70. The van der Waals surface area contributed by atoms with Crippen LogP contribution in [0.2, 0.25) is 0 Å². The fraction of sp³-hybridized carbons (Fsp3) is 0.647. The third-order valence-corrected chi connectivity index (χ3v) is 3.86. The van der Waals surface area contributed by atoms with Crippen molar-refractivity contribution in [3.63, 3.8) is 0 Å². The number of aryl methyl sites for hydroxylation is 2. The normalized spacial score (nSPS) is 22.4. The number of rotatable bonds is 4. The van der Waals surface area contributed by atoms with Gasteiger partial charge < -0.3 is 9.47 Å². The van der Waals surface area contributed by atoms with Gasteiger partial charge in [0.2, 0.25) is 0 Å². The van der Waals surface area contributed by atoms with Gasteiger partial charge in [0.1, 0.15) is 5.75 Å². The second-order valence-corrected chi connectivity index (χ2v) is 6.67. The third-order valence-electron chi connectivity index (χ3n) is 3.86. The molecule has 1 aromatic rings. The van der Waals surface area contributed by atoms with Gasteiger partial charge in [-0.15, -0.1) is 0 Å². The maximum atomic E-state index is 5.70. The van der Waals surface area contributed by atoms with Crippen LogP contribution in [-0.2, 0) is 16.6 Å². The van der Waals surface area contributed by atoms with Gasteiger partial charge in [0.25, 0.3) is 0 Å². The van der Waals surface area contributed by atoms with E-state index < -0.39 is 0 Å². The first-order chi connectivity index (χ1) is 8.82. The van der Waals surface area contributed by atoms with Crippen LogP contribution in [-0.4, -0.2) is 19.3 Å². The molecule has 0 aromatic heterocycles. The first-order valence-corrected chi connectivity index (χ1v) is 7.16. The van der Waals surface area contributed by atoms with Crippen LogP contribution in [0.25, 0.3) is 0 Å². The van der Waals surface area contributed by atoms with Crippen molar-refractivity contribution in [1.82, 2.24) is 0 Å². The van der Waals surface area contributed by atoms with Crippen LogP contribution in [0.1, 0.15) is 50.8 Å². The zero-order valence-electron chi connectivity index (χ0n) is 13.0. The van der Waals surface area contributed by atoms with Crippen molar-refractivity contribution < 1.29 is 9.47 Å². The molecule has 0 amide bonds. The summed E-state index contributed by atoms with van der Waals surface area (Å²) in [5, 5.41) is 0. The Morgan fingerprint density at radius 1 is 1.26 bits per heavy atom. The molecule has 1 heterocycles. The first kappa shape index (κ1) is 14.4. The minimum Gasteiger partial charge on any atom is -0.496 e. The summed E-state index contributed by atoms with van der Waals surface area (Å²) >= 11 is 0. The van der Waals surface area contributed by atoms with Crippen LogP contribution in [0, 0.1) is 6.92 Å². The zero-order valence-corrected chi connectivity index (χ0v) is 13.0. The number of methoxy groups -OCH3 is 1. The van der Waals surface area contributed by atoms with Gasteiger partial charge in [-0.3, -0.25) is 0 Å². The molecule has 2 unspecified atom stereocenters. The Kier molecular flexibility index (Phi) is 3.91. The lowest BCUT2D eigenvalue weighted by Crippen LogP contribution is -2.14. The van der Waals surface area contributed by atoms with Crippen molar-refractivity contribution >= 4 is 0 Å². The second-order valence-electron chi connectivity index (χ2n) is 6.67. The topological polar surface area (TPSA) is 21.8 Å². The number of hydrogen-bond acceptors (Lipinski definition) is 2. The summed E-state index contributed by atoms with van der Waals surface area (Å²) < 4.78 is 11.2. The van der Waals surface area contributed by atoms with E-state index in [9.17, 15) is 0 Å². The predicted molar refractivity (Wildman–Crippen MR) is 79.1 cm³/mol. The van der Waals surface area contributed by atoms with Crippen molar-refractivity contribution in [2.45, 2.75) is 65.1 Å². The molecule has 2 heteroatoms. The Hall–Kier alpha value is -1.02. The van der Waals surface area contributed by atoms with E-state index in [2.05, 4.69) is 46.8 Å². The minimum atomic E-state index is 0.107. The van der Waals surface area contributed by atoms with Gasteiger partial charge in [0.15, 0.2) is 0 Å². The molecule has 0 radical (unpaired) electrons. The lowest BCUT2D eigenvalue weighted by Gasteiger charge is -2.25. The Bertz CT molecular complexity index is 457. The number of ether oxygens (including phenoxy) is 2. The van der Waals surface area contributed by atoms with Gasteiger partial charge in [-0.05, 0) is 37.7 Å². The molecule has 1 saturated heterocycles. The van der Waals surface area contributed by atoms with Crippen molar-refractivity contribution in [3.8, 4) is 5.75 Å².